The van der Waals surface area contributed by atoms with Gasteiger partial charge in [0.1, 0.15) is 11.6 Å². The Labute approximate surface area is 124 Å². The summed E-state index contributed by atoms with van der Waals surface area (Å²) in [4.78, 5) is 6.78. The molecule has 0 amide bonds. The number of hydrogen-bond donors (Lipinski definition) is 1. The number of pyridine rings is 1. The van der Waals surface area contributed by atoms with Crippen LogP contribution in [0, 0.1) is 0 Å². The quantitative estimate of drug-likeness (QED) is 0.837. The average Bonchev–Trinajstić information content (AvgIpc) is 3.19. The molecular formula is C13H19Cl2N3O. The van der Waals surface area contributed by atoms with E-state index in [2.05, 4.69) is 15.2 Å². The minimum Gasteiger partial charge on any atom is -0.383 e. The zero-order valence-corrected chi connectivity index (χ0v) is 12.8. The van der Waals surface area contributed by atoms with Gasteiger partial charge in [-0.3, -0.25) is 0 Å². The van der Waals surface area contributed by atoms with Gasteiger partial charge in [-0.2, -0.15) is 0 Å². The van der Waals surface area contributed by atoms with Crippen LogP contribution in [0.3, 0.4) is 0 Å². The average molecular weight is 304 g/mol. The Morgan fingerprint density at radius 2 is 2.16 bits per heavy atom. The van der Waals surface area contributed by atoms with Crippen molar-refractivity contribution in [3.05, 3.63) is 16.1 Å². The molecule has 0 aliphatic heterocycles. The molecule has 0 bridgehead atoms. The molecule has 0 radical (unpaired) electrons. The minimum absolute atomic E-state index is 0.524. The summed E-state index contributed by atoms with van der Waals surface area (Å²) in [6, 6.07) is 2.28. The molecule has 1 heterocycles. The summed E-state index contributed by atoms with van der Waals surface area (Å²) < 4.78 is 5.16. The normalized spacial score (nSPS) is 14.5. The summed E-state index contributed by atoms with van der Waals surface area (Å²) in [5.74, 6) is 1.48. The first kappa shape index (κ1) is 14.7. The van der Waals surface area contributed by atoms with E-state index >= 15 is 0 Å². The van der Waals surface area contributed by atoms with E-state index in [4.69, 9.17) is 27.9 Å². The highest BCUT2D eigenvalue weighted by atomic mass is 35.5. The van der Waals surface area contributed by atoms with Crippen LogP contribution in [0.15, 0.2) is 6.07 Å². The number of hydrogen-bond acceptors (Lipinski definition) is 4. The fourth-order valence-corrected chi connectivity index (χ4v) is 2.52. The molecule has 0 aromatic carbocycles. The summed E-state index contributed by atoms with van der Waals surface area (Å²) in [6.07, 6.45) is 2.36. The number of anilines is 2. The highest BCUT2D eigenvalue weighted by Crippen LogP contribution is 2.37. The number of methoxy groups -OCH3 is 1. The van der Waals surface area contributed by atoms with Crippen LogP contribution in [0.2, 0.25) is 10.0 Å². The van der Waals surface area contributed by atoms with Crippen LogP contribution >= 0.6 is 23.2 Å². The van der Waals surface area contributed by atoms with E-state index in [1.807, 2.05) is 6.92 Å². The number of halogens is 2. The van der Waals surface area contributed by atoms with E-state index in [1.54, 1.807) is 13.2 Å². The lowest BCUT2D eigenvalue weighted by Gasteiger charge is -2.25. The smallest absolute Gasteiger partial charge is 0.150 e. The maximum Gasteiger partial charge on any atom is 0.150 e. The van der Waals surface area contributed by atoms with E-state index in [1.165, 1.54) is 12.8 Å². The Bertz CT molecular complexity index is 438. The summed E-state index contributed by atoms with van der Waals surface area (Å²) in [5, 5.41) is 4.30. The SMILES string of the molecule is CCNc1nc(N(CCOC)C2CC2)c(Cl)cc1Cl. The van der Waals surface area contributed by atoms with Gasteiger partial charge in [0.05, 0.1) is 16.7 Å². The number of rotatable bonds is 7. The molecule has 6 heteroatoms. The molecule has 19 heavy (non-hydrogen) atoms. The summed E-state index contributed by atoms with van der Waals surface area (Å²) >= 11 is 12.4. The van der Waals surface area contributed by atoms with Crippen molar-refractivity contribution in [2.24, 2.45) is 0 Å². The molecular weight excluding hydrogens is 285 g/mol. The van der Waals surface area contributed by atoms with Crippen molar-refractivity contribution in [3.8, 4) is 0 Å². The molecule has 0 atom stereocenters. The molecule has 0 saturated heterocycles. The highest BCUT2D eigenvalue weighted by Gasteiger charge is 2.31. The van der Waals surface area contributed by atoms with E-state index in [0.29, 0.717) is 28.5 Å². The van der Waals surface area contributed by atoms with Crippen LogP contribution in [0.1, 0.15) is 19.8 Å². The monoisotopic (exact) mass is 303 g/mol. The number of ether oxygens (including phenoxy) is 1. The van der Waals surface area contributed by atoms with Gasteiger partial charge in [-0.25, -0.2) is 4.98 Å². The van der Waals surface area contributed by atoms with Gasteiger partial charge in [0.25, 0.3) is 0 Å². The zero-order chi connectivity index (χ0) is 13.8. The second kappa shape index (κ2) is 6.64. The van der Waals surface area contributed by atoms with Crippen molar-refractivity contribution in [2.75, 3.05) is 37.0 Å². The van der Waals surface area contributed by atoms with Gasteiger partial charge in [0, 0.05) is 26.2 Å². The molecule has 0 unspecified atom stereocenters. The first-order chi connectivity index (χ1) is 9.17. The largest absolute Gasteiger partial charge is 0.383 e. The van der Waals surface area contributed by atoms with Crippen molar-refractivity contribution < 1.29 is 4.74 Å². The van der Waals surface area contributed by atoms with E-state index in [9.17, 15) is 0 Å². The predicted octanol–water partition coefficient (Wildman–Crippen LogP) is 3.44. The Kier molecular flexibility index (Phi) is 5.13. The van der Waals surface area contributed by atoms with Crippen molar-refractivity contribution in [1.82, 2.24) is 4.98 Å². The van der Waals surface area contributed by atoms with Gasteiger partial charge >= 0.3 is 0 Å². The van der Waals surface area contributed by atoms with Crippen LogP contribution in [0.5, 0.6) is 0 Å². The molecule has 1 N–H and O–H groups in total. The van der Waals surface area contributed by atoms with Gasteiger partial charge in [0.2, 0.25) is 0 Å². The molecule has 4 nitrogen and oxygen atoms in total. The summed E-state index contributed by atoms with van der Waals surface area (Å²) in [5.41, 5.74) is 0. The Balaban J connectivity index is 2.26. The van der Waals surface area contributed by atoms with Crippen molar-refractivity contribution >= 4 is 34.8 Å². The molecule has 0 spiro atoms. The Hall–Kier alpha value is -0.710. The van der Waals surface area contributed by atoms with Gasteiger partial charge in [-0.05, 0) is 25.8 Å². The van der Waals surface area contributed by atoms with E-state index in [-0.39, 0.29) is 0 Å². The number of nitrogens with one attached hydrogen (secondary N) is 1. The van der Waals surface area contributed by atoms with E-state index < -0.39 is 0 Å². The summed E-state index contributed by atoms with van der Waals surface area (Å²) in [6.45, 7) is 4.24. The summed E-state index contributed by atoms with van der Waals surface area (Å²) in [7, 11) is 1.70. The van der Waals surface area contributed by atoms with Gasteiger partial charge < -0.3 is 15.0 Å². The Morgan fingerprint density at radius 1 is 1.42 bits per heavy atom. The number of aromatic nitrogens is 1. The van der Waals surface area contributed by atoms with Crippen LogP contribution in [-0.2, 0) is 4.74 Å². The van der Waals surface area contributed by atoms with Crippen LogP contribution in [0.4, 0.5) is 11.6 Å². The molecule has 106 valence electrons. The van der Waals surface area contributed by atoms with Crippen molar-refractivity contribution in [1.29, 1.82) is 0 Å². The van der Waals surface area contributed by atoms with Crippen molar-refractivity contribution in [2.45, 2.75) is 25.8 Å². The second-order valence-electron chi connectivity index (χ2n) is 4.57. The maximum atomic E-state index is 6.29. The van der Waals surface area contributed by atoms with E-state index in [0.717, 1.165) is 18.9 Å². The standard InChI is InChI=1S/C13H19Cl2N3O/c1-3-16-12-10(14)8-11(15)13(17-12)18(6-7-19-2)9-4-5-9/h8-9H,3-7H2,1-2H3,(H,16,17). The topological polar surface area (TPSA) is 37.4 Å². The number of nitrogens with zero attached hydrogens (tertiary/aromatic N) is 2. The third-order valence-electron chi connectivity index (χ3n) is 3.05. The lowest BCUT2D eigenvalue weighted by atomic mass is 10.3. The third-order valence-corrected chi connectivity index (χ3v) is 3.62. The fraction of sp³-hybridized carbons (Fsp3) is 0.615. The van der Waals surface area contributed by atoms with Gasteiger partial charge in [-0.15, -0.1) is 0 Å². The van der Waals surface area contributed by atoms with Gasteiger partial charge in [0.15, 0.2) is 0 Å². The maximum absolute atomic E-state index is 6.29. The molecule has 2 rings (SSSR count). The highest BCUT2D eigenvalue weighted by molar-refractivity contribution is 6.37. The van der Waals surface area contributed by atoms with Crippen LogP contribution in [-0.4, -0.2) is 37.8 Å². The van der Waals surface area contributed by atoms with Crippen LogP contribution < -0.4 is 10.2 Å². The molecule has 1 aliphatic rings. The molecule has 1 aromatic heterocycles. The zero-order valence-electron chi connectivity index (χ0n) is 11.2. The first-order valence-corrected chi connectivity index (χ1v) is 7.28. The molecule has 1 fully saturated rings. The predicted molar refractivity (Wildman–Crippen MR) is 80.7 cm³/mol. The Morgan fingerprint density at radius 3 is 2.74 bits per heavy atom. The third kappa shape index (κ3) is 3.65. The van der Waals surface area contributed by atoms with Gasteiger partial charge in [-0.1, -0.05) is 23.2 Å². The molecule has 1 aromatic rings. The first-order valence-electron chi connectivity index (χ1n) is 6.52. The second-order valence-corrected chi connectivity index (χ2v) is 5.39. The molecule has 1 saturated carbocycles. The lowest BCUT2D eigenvalue weighted by molar-refractivity contribution is 0.204. The lowest BCUT2D eigenvalue weighted by Crippen LogP contribution is -2.30. The molecule has 1 aliphatic carbocycles. The van der Waals surface area contributed by atoms with Crippen LogP contribution in [0.25, 0.3) is 0 Å². The van der Waals surface area contributed by atoms with Crippen molar-refractivity contribution in [3.63, 3.8) is 0 Å². The minimum atomic E-state index is 0.524. The fourth-order valence-electron chi connectivity index (χ4n) is 1.99.